The van der Waals surface area contributed by atoms with Crippen molar-refractivity contribution in [3.05, 3.63) is 69.1 Å². The molecule has 0 atom stereocenters. The fourth-order valence-corrected chi connectivity index (χ4v) is 3.44. The lowest BCUT2D eigenvalue weighted by Gasteiger charge is -2.09. The molecule has 0 fully saturated rings. The zero-order valence-corrected chi connectivity index (χ0v) is 16.9. The molecule has 3 heterocycles. The Hall–Kier alpha value is -3.72. The summed E-state index contributed by atoms with van der Waals surface area (Å²) in [6, 6.07) is 10.6. The molecule has 0 spiro atoms. The summed E-state index contributed by atoms with van der Waals surface area (Å²) in [5.74, 6) is -0.428. The van der Waals surface area contributed by atoms with Gasteiger partial charge in [0.15, 0.2) is 0 Å². The van der Waals surface area contributed by atoms with E-state index in [1.165, 1.54) is 30.8 Å². The van der Waals surface area contributed by atoms with Crippen molar-refractivity contribution in [2.75, 3.05) is 19.0 Å². The van der Waals surface area contributed by atoms with Crippen molar-refractivity contribution in [3.8, 4) is 0 Å². The Bertz CT molecular complexity index is 1400. The maximum absolute atomic E-state index is 12.7. The number of fused-ring (bicyclic) bond motifs is 2. The number of aromatic nitrogens is 4. The lowest BCUT2D eigenvalue weighted by atomic mass is 10.2. The molecular weight excluding hydrogens is 386 g/mol. The highest BCUT2D eigenvalue weighted by atomic mass is 16.5. The van der Waals surface area contributed by atoms with Crippen LogP contribution in [0.5, 0.6) is 0 Å². The first-order valence-electron chi connectivity index (χ1n) is 9.36. The van der Waals surface area contributed by atoms with Crippen molar-refractivity contribution >= 4 is 33.5 Å². The standard InChI is InChI=1S/C21H21N5O4/c1-24-18-15(20(28)25(2)21(24)29)5-6-16(23-18)19(27)22-14-4-7-17-13(12-14)8-9-26(17)10-11-30-3/h4-9,12H,10-11H2,1-3H3,(H,22,27). The van der Waals surface area contributed by atoms with Crippen LogP contribution in [0.15, 0.2) is 52.2 Å². The highest BCUT2D eigenvalue weighted by Gasteiger charge is 2.14. The Morgan fingerprint density at radius 3 is 2.67 bits per heavy atom. The van der Waals surface area contributed by atoms with Crippen LogP contribution in [0.25, 0.3) is 21.9 Å². The van der Waals surface area contributed by atoms with E-state index in [0.717, 1.165) is 22.0 Å². The number of hydrogen-bond donors (Lipinski definition) is 1. The van der Waals surface area contributed by atoms with Crippen molar-refractivity contribution in [1.82, 2.24) is 18.7 Å². The Labute approximate surface area is 171 Å². The van der Waals surface area contributed by atoms with Gasteiger partial charge in [-0.15, -0.1) is 0 Å². The fraction of sp³-hybridized carbons (Fsp3) is 0.238. The third kappa shape index (κ3) is 3.29. The molecule has 1 amide bonds. The van der Waals surface area contributed by atoms with Gasteiger partial charge in [0.25, 0.3) is 11.5 Å². The molecule has 0 bridgehead atoms. The van der Waals surface area contributed by atoms with Crippen LogP contribution in [-0.2, 0) is 25.4 Å². The molecule has 0 aliphatic carbocycles. The Kier molecular flexibility index (Phi) is 4.96. The first-order valence-corrected chi connectivity index (χ1v) is 9.36. The van der Waals surface area contributed by atoms with E-state index in [1.54, 1.807) is 7.11 Å². The molecule has 30 heavy (non-hydrogen) atoms. The zero-order chi connectivity index (χ0) is 21.4. The average molecular weight is 407 g/mol. The summed E-state index contributed by atoms with van der Waals surface area (Å²) in [4.78, 5) is 41.4. The summed E-state index contributed by atoms with van der Waals surface area (Å²) in [6.07, 6.45) is 1.97. The number of benzene rings is 1. The van der Waals surface area contributed by atoms with Gasteiger partial charge in [-0.2, -0.15) is 0 Å². The molecule has 4 aromatic rings. The highest BCUT2D eigenvalue weighted by Crippen LogP contribution is 2.21. The molecule has 9 heteroatoms. The molecule has 0 radical (unpaired) electrons. The number of ether oxygens (including phenoxy) is 1. The van der Waals surface area contributed by atoms with Crippen LogP contribution in [0, 0.1) is 0 Å². The maximum atomic E-state index is 12.7. The molecule has 154 valence electrons. The van der Waals surface area contributed by atoms with Gasteiger partial charge < -0.3 is 14.6 Å². The van der Waals surface area contributed by atoms with Crippen LogP contribution >= 0.6 is 0 Å². The molecular formula is C21H21N5O4. The molecule has 1 N–H and O–H groups in total. The van der Waals surface area contributed by atoms with E-state index in [-0.39, 0.29) is 16.7 Å². The number of pyridine rings is 1. The van der Waals surface area contributed by atoms with Crippen LogP contribution < -0.4 is 16.6 Å². The van der Waals surface area contributed by atoms with Gasteiger partial charge in [-0.25, -0.2) is 9.78 Å². The monoisotopic (exact) mass is 407 g/mol. The number of anilines is 1. The lowest BCUT2D eigenvalue weighted by molar-refractivity contribution is 0.102. The predicted octanol–water partition coefficient (Wildman–Crippen LogP) is 1.49. The van der Waals surface area contributed by atoms with E-state index in [9.17, 15) is 14.4 Å². The van der Waals surface area contributed by atoms with E-state index in [2.05, 4.69) is 14.9 Å². The quantitative estimate of drug-likeness (QED) is 0.540. The Morgan fingerprint density at radius 1 is 1.10 bits per heavy atom. The number of carbonyl (C=O) groups is 1. The van der Waals surface area contributed by atoms with Gasteiger partial charge >= 0.3 is 5.69 Å². The molecule has 3 aromatic heterocycles. The average Bonchev–Trinajstić information content (AvgIpc) is 3.16. The van der Waals surface area contributed by atoms with Crippen LogP contribution in [0.3, 0.4) is 0 Å². The molecule has 4 rings (SSSR count). The summed E-state index contributed by atoms with van der Waals surface area (Å²) in [5.41, 5.74) is 0.999. The van der Waals surface area contributed by atoms with Crippen LogP contribution in [0.2, 0.25) is 0 Å². The van der Waals surface area contributed by atoms with Gasteiger partial charge in [-0.3, -0.25) is 18.7 Å². The largest absolute Gasteiger partial charge is 0.383 e. The SMILES string of the molecule is COCCn1ccc2cc(NC(=O)c3ccc4c(=O)n(C)c(=O)n(C)c4n3)ccc21. The minimum atomic E-state index is -0.499. The number of aryl methyl sites for hydroxylation is 1. The van der Waals surface area contributed by atoms with Gasteiger partial charge in [0, 0.05) is 50.5 Å². The van der Waals surface area contributed by atoms with Gasteiger partial charge in [-0.1, -0.05) is 0 Å². The van der Waals surface area contributed by atoms with Crippen molar-refractivity contribution < 1.29 is 9.53 Å². The summed E-state index contributed by atoms with van der Waals surface area (Å²) in [7, 11) is 4.58. The van der Waals surface area contributed by atoms with Gasteiger partial charge in [0.1, 0.15) is 11.3 Å². The van der Waals surface area contributed by atoms with Crippen molar-refractivity contribution in [1.29, 1.82) is 0 Å². The predicted molar refractivity (Wildman–Crippen MR) is 114 cm³/mol. The van der Waals surface area contributed by atoms with E-state index in [4.69, 9.17) is 4.74 Å². The zero-order valence-electron chi connectivity index (χ0n) is 16.9. The topological polar surface area (TPSA) is 100 Å². The molecule has 9 nitrogen and oxygen atoms in total. The van der Waals surface area contributed by atoms with E-state index in [0.29, 0.717) is 12.3 Å². The van der Waals surface area contributed by atoms with Gasteiger partial charge in [-0.05, 0) is 36.4 Å². The van der Waals surface area contributed by atoms with Crippen molar-refractivity contribution in [3.63, 3.8) is 0 Å². The second-order valence-electron chi connectivity index (χ2n) is 7.00. The third-order valence-corrected chi connectivity index (χ3v) is 5.10. The summed E-state index contributed by atoms with van der Waals surface area (Å²) < 4.78 is 9.47. The molecule has 0 unspecified atom stereocenters. The molecule has 1 aromatic carbocycles. The first kappa shape index (κ1) is 19.6. The number of nitrogens with zero attached hydrogens (tertiary/aromatic N) is 4. The summed E-state index contributed by atoms with van der Waals surface area (Å²) >= 11 is 0. The molecule has 0 aliphatic heterocycles. The number of hydrogen-bond acceptors (Lipinski definition) is 5. The first-order chi connectivity index (χ1) is 14.4. The minimum Gasteiger partial charge on any atom is -0.383 e. The second kappa shape index (κ2) is 7.60. The minimum absolute atomic E-state index is 0.114. The van der Waals surface area contributed by atoms with E-state index < -0.39 is 17.2 Å². The van der Waals surface area contributed by atoms with E-state index in [1.807, 2.05) is 30.5 Å². The lowest BCUT2D eigenvalue weighted by Crippen LogP contribution is -2.37. The number of nitrogens with one attached hydrogen (secondary N) is 1. The fourth-order valence-electron chi connectivity index (χ4n) is 3.44. The van der Waals surface area contributed by atoms with E-state index >= 15 is 0 Å². The van der Waals surface area contributed by atoms with Crippen LogP contribution in [0.1, 0.15) is 10.5 Å². The van der Waals surface area contributed by atoms with Gasteiger partial charge in [0.05, 0.1) is 12.0 Å². The van der Waals surface area contributed by atoms with Gasteiger partial charge in [0.2, 0.25) is 0 Å². The molecule has 0 aliphatic rings. The second-order valence-corrected chi connectivity index (χ2v) is 7.00. The summed E-state index contributed by atoms with van der Waals surface area (Å²) in [6.45, 7) is 1.35. The highest BCUT2D eigenvalue weighted by molar-refractivity contribution is 6.04. The van der Waals surface area contributed by atoms with Crippen LogP contribution in [-0.4, -0.2) is 38.3 Å². The number of carbonyl (C=O) groups excluding carboxylic acids is 1. The molecule has 0 saturated heterocycles. The molecule has 0 saturated carbocycles. The Balaban J connectivity index is 1.64. The number of amides is 1. The maximum Gasteiger partial charge on any atom is 0.332 e. The Morgan fingerprint density at radius 2 is 1.90 bits per heavy atom. The normalized spacial score (nSPS) is 11.3. The smallest absolute Gasteiger partial charge is 0.332 e. The van der Waals surface area contributed by atoms with Crippen molar-refractivity contribution in [2.45, 2.75) is 6.54 Å². The number of rotatable bonds is 5. The van der Waals surface area contributed by atoms with Crippen LogP contribution in [0.4, 0.5) is 5.69 Å². The van der Waals surface area contributed by atoms with Crippen molar-refractivity contribution in [2.24, 2.45) is 14.1 Å². The summed E-state index contributed by atoms with van der Waals surface area (Å²) in [5, 5.41) is 4.08. The third-order valence-electron chi connectivity index (χ3n) is 5.10. The number of methoxy groups -OCH3 is 1.